The Balaban J connectivity index is 1.35. The third kappa shape index (κ3) is 2.84. The Morgan fingerprint density at radius 1 is 0.465 bits per heavy atom. The molecule has 3 nitrogen and oxygen atoms in total. The van der Waals surface area contributed by atoms with Crippen molar-refractivity contribution in [2.24, 2.45) is 0 Å². The van der Waals surface area contributed by atoms with E-state index in [1.807, 2.05) is 34.8 Å². The van der Waals surface area contributed by atoms with Gasteiger partial charge in [0.2, 0.25) is 0 Å². The zero-order valence-corrected chi connectivity index (χ0v) is 24.3. The third-order valence-electron chi connectivity index (χ3n) is 9.09. The molecule has 0 saturated heterocycles. The summed E-state index contributed by atoms with van der Waals surface area (Å²) in [5, 5.41) is 9.00. The summed E-state index contributed by atoms with van der Waals surface area (Å²) in [5.41, 5.74) is 8.54. The number of thiophene rings is 2. The Hall–Kier alpha value is -5.10. The first-order chi connectivity index (χ1) is 21.3. The summed E-state index contributed by atoms with van der Waals surface area (Å²) < 4.78 is 7.65. The van der Waals surface area contributed by atoms with Crippen molar-refractivity contribution in [1.82, 2.24) is 14.4 Å². The van der Waals surface area contributed by atoms with Gasteiger partial charge in [-0.3, -0.25) is 4.40 Å². The standard InChI is InChI=1S/C38H19N3S2/c1-5-11-30-22(7-1)24-17-20(13-15-32(24)42-30)21-18-25-34-29(14-16-33-35(34)23-8-2-6-12-31(23)43-33)41-37(25)26(19-21)36-38(41)40-28-10-4-3-9-27(28)39-36/h1-19H. The molecule has 6 aromatic carbocycles. The topological polar surface area (TPSA) is 30.2 Å². The summed E-state index contributed by atoms with van der Waals surface area (Å²) in [6, 6.07) is 42.0. The quantitative estimate of drug-likeness (QED) is 0.193. The Labute approximate surface area is 252 Å². The summed E-state index contributed by atoms with van der Waals surface area (Å²) >= 11 is 3.73. The fraction of sp³-hybridized carbons (Fsp3) is 0. The molecular formula is C38H19N3S2. The zero-order chi connectivity index (χ0) is 27.8. The van der Waals surface area contributed by atoms with Gasteiger partial charge >= 0.3 is 0 Å². The Bertz CT molecular complexity index is 2960. The molecule has 0 aliphatic heterocycles. The largest absolute Gasteiger partial charge is 0.291 e. The van der Waals surface area contributed by atoms with Gasteiger partial charge in [0.05, 0.1) is 22.1 Å². The zero-order valence-electron chi connectivity index (χ0n) is 22.6. The smallest absolute Gasteiger partial charge is 0.165 e. The van der Waals surface area contributed by atoms with E-state index in [0.717, 1.165) is 27.6 Å². The predicted molar refractivity (Wildman–Crippen MR) is 185 cm³/mol. The highest BCUT2D eigenvalue weighted by molar-refractivity contribution is 7.26. The van der Waals surface area contributed by atoms with Crippen LogP contribution in [0, 0.1) is 0 Å². The highest BCUT2D eigenvalue weighted by Gasteiger charge is 2.23. The van der Waals surface area contributed by atoms with Gasteiger partial charge in [0.15, 0.2) is 5.65 Å². The van der Waals surface area contributed by atoms with E-state index >= 15 is 0 Å². The second-order valence-electron chi connectivity index (χ2n) is 11.4. The van der Waals surface area contributed by atoms with Crippen LogP contribution in [0.4, 0.5) is 0 Å². The molecule has 0 spiro atoms. The lowest BCUT2D eigenvalue weighted by atomic mass is 9.97. The molecule has 0 aliphatic carbocycles. The summed E-state index contributed by atoms with van der Waals surface area (Å²) in [7, 11) is 0. The molecule has 0 radical (unpaired) electrons. The Morgan fingerprint density at radius 3 is 2.00 bits per heavy atom. The monoisotopic (exact) mass is 581 g/mol. The fourth-order valence-corrected chi connectivity index (χ4v) is 9.45. The van der Waals surface area contributed by atoms with E-state index in [2.05, 4.69) is 108 Å². The molecule has 0 fully saturated rings. The van der Waals surface area contributed by atoms with Crippen LogP contribution in [0.3, 0.4) is 0 Å². The lowest BCUT2D eigenvalue weighted by Crippen LogP contribution is -1.88. The second kappa shape index (κ2) is 7.84. The summed E-state index contributed by atoms with van der Waals surface area (Å²) in [6.45, 7) is 0. The molecule has 43 heavy (non-hydrogen) atoms. The molecule has 11 aromatic rings. The molecule has 0 N–H and O–H groups in total. The van der Waals surface area contributed by atoms with E-state index in [0.29, 0.717) is 0 Å². The lowest BCUT2D eigenvalue weighted by molar-refractivity contribution is 1.28. The van der Waals surface area contributed by atoms with Crippen molar-refractivity contribution in [3.63, 3.8) is 0 Å². The molecule has 0 amide bonds. The Kier molecular flexibility index (Phi) is 4.10. The van der Waals surface area contributed by atoms with Crippen LogP contribution >= 0.6 is 22.7 Å². The number of fused-ring (bicyclic) bond motifs is 14. The molecule has 5 heteroatoms. The molecule has 11 rings (SSSR count). The highest BCUT2D eigenvalue weighted by atomic mass is 32.1. The number of benzene rings is 6. The average Bonchev–Trinajstić information content (AvgIpc) is 3.79. The van der Waals surface area contributed by atoms with Gasteiger partial charge in [0.1, 0.15) is 5.52 Å². The van der Waals surface area contributed by atoms with Crippen molar-refractivity contribution < 1.29 is 0 Å². The van der Waals surface area contributed by atoms with Crippen molar-refractivity contribution in [2.75, 3.05) is 0 Å². The molecular weight excluding hydrogens is 563 g/mol. The summed E-state index contributed by atoms with van der Waals surface area (Å²) in [6.07, 6.45) is 0. The van der Waals surface area contributed by atoms with E-state index in [9.17, 15) is 0 Å². The highest BCUT2D eigenvalue weighted by Crippen LogP contribution is 2.47. The first-order valence-corrected chi connectivity index (χ1v) is 16.1. The van der Waals surface area contributed by atoms with Gasteiger partial charge in [-0.05, 0) is 71.8 Å². The molecule has 0 bridgehead atoms. The number of hydrogen-bond donors (Lipinski definition) is 0. The summed E-state index contributed by atoms with van der Waals surface area (Å²) in [4.78, 5) is 10.4. The summed E-state index contributed by atoms with van der Waals surface area (Å²) in [5.74, 6) is 0. The maximum absolute atomic E-state index is 5.22. The van der Waals surface area contributed by atoms with Crippen molar-refractivity contribution in [3.8, 4) is 11.1 Å². The number of hydrogen-bond acceptors (Lipinski definition) is 4. The minimum Gasteiger partial charge on any atom is -0.291 e. The van der Waals surface area contributed by atoms with Crippen LogP contribution in [-0.4, -0.2) is 14.4 Å². The number of nitrogens with zero attached hydrogens (tertiary/aromatic N) is 3. The minimum atomic E-state index is 0.918. The van der Waals surface area contributed by atoms with Gasteiger partial charge in [0.25, 0.3) is 0 Å². The first kappa shape index (κ1) is 22.5. The van der Waals surface area contributed by atoms with E-state index in [-0.39, 0.29) is 0 Å². The van der Waals surface area contributed by atoms with Crippen LogP contribution in [0.2, 0.25) is 0 Å². The number of para-hydroxylation sites is 2. The van der Waals surface area contributed by atoms with E-state index in [4.69, 9.17) is 9.97 Å². The molecule has 5 aromatic heterocycles. The van der Waals surface area contributed by atoms with Crippen LogP contribution in [0.5, 0.6) is 0 Å². The van der Waals surface area contributed by atoms with Gasteiger partial charge in [0, 0.05) is 56.5 Å². The maximum Gasteiger partial charge on any atom is 0.165 e. The SMILES string of the molecule is c1ccc2nc3c(nc2c1)c1cc(-c2ccc4sc5ccccc5c4c2)cc2c4c5c(ccc4n3c12)sc1ccccc15. The van der Waals surface area contributed by atoms with Crippen LogP contribution in [-0.2, 0) is 0 Å². The van der Waals surface area contributed by atoms with Crippen LogP contribution in [0.25, 0.3) is 101 Å². The van der Waals surface area contributed by atoms with Crippen molar-refractivity contribution in [2.45, 2.75) is 0 Å². The molecule has 198 valence electrons. The normalized spacial score (nSPS) is 12.7. The van der Waals surface area contributed by atoms with E-state index in [1.54, 1.807) is 0 Å². The molecule has 0 atom stereocenters. The van der Waals surface area contributed by atoms with Crippen LogP contribution in [0.15, 0.2) is 115 Å². The molecule has 0 unspecified atom stereocenters. The van der Waals surface area contributed by atoms with Crippen molar-refractivity contribution in [3.05, 3.63) is 115 Å². The molecule has 5 heterocycles. The van der Waals surface area contributed by atoms with Crippen LogP contribution < -0.4 is 0 Å². The van der Waals surface area contributed by atoms with E-state index < -0.39 is 0 Å². The predicted octanol–water partition coefficient (Wildman–Crippen LogP) is 11.2. The first-order valence-electron chi connectivity index (χ1n) is 14.4. The molecule has 0 saturated carbocycles. The van der Waals surface area contributed by atoms with Gasteiger partial charge in [-0.2, -0.15) is 0 Å². The molecule has 0 aliphatic rings. The second-order valence-corrected chi connectivity index (χ2v) is 13.5. The van der Waals surface area contributed by atoms with Gasteiger partial charge in [-0.1, -0.05) is 54.6 Å². The number of aromatic nitrogens is 3. The minimum absolute atomic E-state index is 0.918. The maximum atomic E-state index is 5.22. The lowest BCUT2D eigenvalue weighted by Gasteiger charge is -2.06. The fourth-order valence-electron chi connectivity index (χ4n) is 7.25. The van der Waals surface area contributed by atoms with Gasteiger partial charge in [-0.15, -0.1) is 22.7 Å². The number of rotatable bonds is 1. The van der Waals surface area contributed by atoms with Gasteiger partial charge < -0.3 is 0 Å². The third-order valence-corrected chi connectivity index (χ3v) is 11.4. The van der Waals surface area contributed by atoms with Crippen molar-refractivity contribution in [1.29, 1.82) is 0 Å². The average molecular weight is 582 g/mol. The van der Waals surface area contributed by atoms with Crippen molar-refractivity contribution >= 4 is 112 Å². The Morgan fingerprint density at radius 2 is 1.12 bits per heavy atom. The van der Waals surface area contributed by atoms with Gasteiger partial charge in [-0.25, -0.2) is 9.97 Å². The van der Waals surface area contributed by atoms with Crippen LogP contribution in [0.1, 0.15) is 0 Å². The van der Waals surface area contributed by atoms with E-state index in [1.165, 1.54) is 73.3 Å².